The summed E-state index contributed by atoms with van der Waals surface area (Å²) in [5, 5.41) is 2.97. The largest absolute Gasteiger partial charge is 0.382 e. The minimum absolute atomic E-state index is 0.0386. The molecule has 1 rings (SSSR count). The predicted molar refractivity (Wildman–Crippen MR) is 69.0 cm³/mol. The number of carbonyl (C=O) groups excluding carboxylic acids is 2. The highest BCUT2D eigenvalue weighted by atomic mass is 16.5. The molecule has 0 saturated heterocycles. The van der Waals surface area contributed by atoms with Gasteiger partial charge in [0.25, 0.3) is 0 Å². The standard InChI is InChI=1S/C13H22N2O3/c1-5-12(17)15(3)8-11(16)14-13(2,9-18-4)10-6-7-10/h5,10H,1,6-9H2,2-4H3,(H,14,16). The van der Waals surface area contributed by atoms with E-state index in [1.165, 1.54) is 11.0 Å². The van der Waals surface area contributed by atoms with E-state index >= 15 is 0 Å². The minimum Gasteiger partial charge on any atom is -0.382 e. The van der Waals surface area contributed by atoms with Gasteiger partial charge in [-0.15, -0.1) is 0 Å². The molecule has 1 N–H and O–H groups in total. The maximum Gasteiger partial charge on any atom is 0.246 e. The van der Waals surface area contributed by atoms with Gasteiger partial charge in [-0.05, 0) is 31.8 Å². The second-order valence-corrected chi connectivity index (χ2v) is 5.07. The highest BCUT2D eigenvalue weighted by molar-refractivity contribution is 5.90. The molecule has 2 amide bonds. The molecule has 1 aliphatic rings. The van der Waals surface area contributed by atoms with Gasteiger partial charge in [0, 0.05) is 14.2 Å². The highest BCUT2D eigenvalue weighted by Crippen LogP contribution is 2.39. The quantitative estimate of drug-likeness (QED) is 0.675. The zero-order valence-corrected chi connectivity index (χ0v) is 11.4. The Morgan fingerprint density at radius 3 is 2.61 bits per heavy atom. The fourth-order valence-corrected chi connectivity index (χ4v) is 2.08. The smallest absolute Gasteiger partial charge is 0.246 e. The van der Waals surface area contributed by atoms with Crippen LogP contribution in [0.5, 0.6) is 0 Å². The maximum absolute atomic E-state index is 11.9. The van der Waals surface area contributed by atoms with Crippen molar-refractivity contribution in [1.82, 2.24) is 10.2 Å². The van der Waals surface area contributed by atoms with E-state index in [0.717, 1.165) is 12.8 Å². The van der Waals surface area contributed by atoms with Gasteiger partial charge in [-0.3, -0.25) is 9.59 Å². The first-order valence-electron chi connectivity index (χ1n) is 6.10. The first-order valence-corrected chi connectivity index (χ1v) is 6.10. The molecule has 102 valence electrons. The lowest BCUT2D eigenvalue weighted by molar-refractivity contribution is -0.132. The van der Waals surface area contributed by atoms with Crippen LogP contribution in [0.15, 0.2) is 12.7 Å². The molecule has 0 radical (unpaired) electrons. The molecule has 0 aliphatic heterocycles. The van der Waals surface area contributed by atoms with Gasteiger partial charge in [0.05, 0.1) is 18.7 Å². The number of nitrogens with one attached hydrogen (secondary N) is 1. The number of methoxy groups -OCH3 is 1. The van der Waals surface area contributed by atoms with Crippen molar-refractivity contribution in [1.29, 1.82) is 0 Å². The Morgan fingerprint density at radius 2 is 2.17 bits per heavy atom. The monoisotopic (exact) mass is 254 g/mol. The van der Waals surface area contributed by atoms with E-state index in [9.17, 15) is 9.59 Å². The topological polar surface area (TPSA) is 58.6 Å². The average Bonchev–Trinajstić information content (AvgIpc) is 3.11. The van der Waals surface area contributed by atoms with Crippen LogP contribution in [0.4, 0.5) is 0 Å². The van der Waals surface area contributed by atoms with Crippen LogP contribution in [-0.4, -0.2) is 49.6 Å². The van der Waals surface area contributed by atoms with Crippen molar-refractivity contribution in [2.75, 3.05) is 27.3 Å². The normalized spacial score (nSPS) is 17.7. The lowest BCUT2D eigenvalue weighted by Gasteiger charge is -2.31. The van der Waals surface area contributed by atoms with Crippen LogP contribution in [0.1, 0.15) is 19.8 Å². The zero-order valence-electron chi connectivity index (χ0n) is 11.4. The van der Waals surface area contributed by atoms with E-state index in [4.69, 9.17) is 4.74 Å². The lowest BCUT2D eigenvalue weighted by Crippen LogP contribution is -2.53. The summed E-state index contributed by atoms with van der Waals surface area (Å²) < 4.78 is 5.17. The third-order valence-corrected chi connectivity index (χ3v) is 3.28. The van der Waals surface area contributed by atoms with Crippen molar-refractivity contribution in [2.24, 2.45) is 5.92 Å². The van der Waals surface area contributed by atoms with E-state index in [0.29, 0.717) is 12.5 Å². The van der Waals surface area contributed by atoms with Crippen LogP contribution in [-0.2, 0) is 14.3 Å². The van der Waals surface area contributed by atoms with E-state index in [1.54, 1.807) is 14.2 Å². The summed E-state index contributed by atoms with van der Waals surface area (Å²) >= 11 is 0. The molecule has 1 unspecified atom stereocenters. The van der Waals surface area contributed by atoms with Crippen LogP contribution in [0.2, 0.25) is 0 Å². The van der Waals surface area contributed by atoms with Gasteiger partial charge in [-0.25, -0.2) is 0 Å². The van der Waals surface area contributed by atoms with Crippen LogP contribution >= 0.6 is 0 Å². The van der Waals surface area contributed by atoms with Crippen molar-refractivity contribution < 1.29 is 14.3 Å². The summed E-state index contributed by atoms with van der Waals surface area (Å²) in [7, 11) is 3.20. The summed E-state index contributed by atoms with van der Waals surface area (Å²) in [4.78, 5) is 24.5. The van der Waals surface area contributed by atoms with Crippen molar-refractivity contribution in [3.8, 4) is 0 Å². The van der Waals surface area contributed by atoms with Gasteiger partial charge in [-0.1, -0.05) is 6.58 Å². The highest BCUT2D eigenvalue weighted by Gasteiger charge is 2.42. The molecule has 0 aromatic rings. The Balaban J connectivity index is 2.51. The second kappa shape index (κ2) is 6.00. The Kier molecular flexibility index (Phi) is 4.90. The number of hydrogen-bond acceptors (Lipinski definition) is 3. The van der Waals surface area contributed by atoms with Crippen LogP contribution in [0.25, 0.3) is 0 Å². The number of carbonyl (C=O) groups is 2. The molecule has 0 spiro atoms. The number of ether oxygens (including phenoxy) is 1. The third-order valence-electron chi connectivity index (χ3n) is 3.28. The second-order valence-electron chi connectivity index (χ2n) is 5.07. The zero-order chi connectivity index (χ0) is 13.8. The summed E-state index contributed by atoms with van der Waals surface area (Å²) in [6.45, 7) is 5.90. The van der Waals surface area contributed by atoms with Crippen LogP contribution in [0, 0.1) is 5.92 Å². The molecular weight excluding hydrogens is 232 g/mol. The number of hydrogen-bond donors (Lipinski definition) is 1. The molecule has 1 atom stereocenters. The molecular formula is C13H22N2O3. The van der Waals surface area contributed by atoms with Gasteiger partial charge in [0.2, 0.25) is 11.8 Å². The molecule has 5 nitrogen and oxygen atoms in total. The number of likely N-dealkylation sites (N-methyl/N-ethyl adjacent to an activating group) is 1. The fraction of sp³-hybridized carbons (Fsp3) is 0.692. The maximum atomic E-state index is 11.9. The van der Waals surface area contributed by atoms with E-state index in [-0.39, 0.29) is 23.9 Å². The molecule has 1 aliphatic carbocycles. The fourth-order valence-electron chi connectivity index (χ4n) is 2.08. The van der Waals surface area contributed by atoms with Crippen LogP contribution < -0.4 is 5.32 Å². The number of nitrogens with zero attached hydrogens (tertiary/aromatic N) is 1. The Morgan fingerprint density at radius 1 is 1.56 bits per heavy atom. The minimum atomic E-state index is -0.329. The molecule has 0 aromatic carbocycles. The van der Waals surface area contributed by atoms with Crippen molar-refractivity contribution in [3.63, 3.8) is 0 Å². The molecule has 0 aromatic heterocycles. The first-order chi connectivity index (χ1) is 8.42. The molecule has 0 bridgehead atoms. The predicted octanol–water partition coefficient (Wildman–Crippen LogP) is 0.562. The first kappa shape index (κ1) is 14.7. The molecule has 1 saturated carbocycles. The van der Waals surface area contributed by atoms with E-state index < -0.39 is 0 Å². The van der Waals surface area contributed by atoms with E-state index in [1.807, 2.05) is 6.92 Å². The summed E-state index contributed by atoms with van der Waals surface area (Å²) in [6.07, 6.45) is 3.42. The van der Waals surface area contributed by atoms with Crippen molar-refractivity contribution in [3.05, 3.63) is 12.7 Å². The Bertz CT molecular complexity index is 339. The average molecular weight is 254 g/mol. The van der Waals surface area contributed by atoms with Gasteiger partial charge in [0.1, 0.15) is 0 Å². The van der Waals surface area contributed by atoms with Gasteiger partial charge >= 0.3 is 0 Å². The van der Waals surface area contributed by atoms with Gasteiger partial charge < -0.3 is 15.0 Å². The number of amides is 2. The summed E-state index contributed by atoms with van der Waals surface area (Å²) in [5.74, 6) is 0.0472. The number of rotatable bonds is 7. The van der Waals surface area contributed by atoms with Gasteiger partial charge in [0.15, 0.2) is 0 Å². The summed E-state index contributed by atoms with van der Waals surface area (Å²) in [5.41, 5.74) is -0.329. The Hall–Kier alpha value is -1.36. The van der Waals surface area contributed by atoms with Crippen molar-refractivity contribution >= 4 is 11.8 Å². The van der Waals surface area contributed by atoms with Crippen LogP contribution in [0.3, 0.4) is 0 Å². The molecule has 1 fully saturated rings. The van der Waals surface area contributed by atoms with Gasteiger partial charge in [-0.2, -0.15) is 0 Å². The van der Waals surface area contributed by atoms with E-state index in [2.05, 4.69) is 11.9 Å². The lowest BCUT2D eigenvalue weighted by atomic mass is 9.97. The molecule has 18 heavy (non-hydrogen) atoms. The molecule has 0 heterocycles. The SMILES string of the molecule is C=CC(=O)N(C)CC(=O)NC(C)(COC)C1CC1. The third kappa shape index (κ3) is 3.84. The molecule has 5 heteroatoms. The van der Waals surface area contributed by atoms with Crippen molar-refractivity contribution in [2.45, 2.75) is 25.3 Å². The summed E-state index contributed by atoms with van der Waals surface area (Å²) in [6, 6.07) is 0. The Labute approximate surface area is 108 Å².